The summed E-state index contributed by atoms with van der Waals surface area (Å²) in [5.41, 5.74) is 20.6. The zero-order chi connectivity index (χ0) is 54.5. The molecule has 0 amide bonds. The Labute approximate surface area is 477 Å². The first-order valence-corrected chi connectivity index (χ1v) is 28.2. The van der Waals surface area contributed by atoms with Gasteiger partial charge in [-0.05, 0) is 167 Å². The van der Waals surface area contributed by atoms with Crippen molar-refractivity contribution in [1.82, 2.24) is 23.3 Å². The van der Waals surface area contributed by atoms with Gasteiger partial charge in [-0.1, -0.05) is 152 Å². The van der Waals surface area contributed by atoms with Gasteiger partial charge in [-0.2, -0.15) is 0 Å². The third kappa shape index (κ3) is 7.54. The fourth-order valence-corrected chi connectivity index (χ4v) is 13.2. The van der Waals surface area contributed by atoms with Crippen molar-refractivity contribution in [2.75, 3.05) is 0 Å². The minimum absolute atomic E-state index is 0.780. The van der Waals surface area contributed by atoms with Crippen LogP contribution in [0.15, 0.2) is 298 Å². The van der Waals surface area contributed by atoms with Gasteiger partial charge in [0.05, 0.1) is 44.1 Å². The second-order valence-corrected chi connectivity index (χ2v) is 21.6. The number of pyridine rings is 1. The summed E-state index contributed by atoms with van der Waals surface area (Å²) < 4.78 is 16.4. The molecule has 388 valence electrons. The van der Waals surface area contributed by atoms with Crippen LogP contribution in [-0.4, -0.2) is 23.3 Å². The highest BCUT2D eigenvalue weighted by Gasteiger charge is 2.20. The monoisotopic (exact) mass is 1060 g/mol. The molecule has 0 N–H and O–H groups in total. The van der Waals surface area contributed by atoms with E-state index in [4.69, 9.17) is 4.74 Å². The molecule has 0 unspecified atom stereocenters. The van der Waals surface area contributed by atoms with E-state index >= 15 is 0 Å². The Morgan fingerprint density at radius 2 is 0.554 bits per heavy atom. The summed E-state index contributed by atoms with van der Waals surface area (Å²) >= 11 is 0. The number of hydrogen-bond donors (Lipinski definition) is 0. The van der Waals surface area contributed by atoms with Crippen LogP contribution in [0.5, 0.6) is 11.5 Å². The number of aromatic nitrogens is 5. The molecule has 17 rings (SSSR count). The van der Waals surface area contributed by atoms with E-state index < -0.39 is 0 Å². The molecule has 0 saturated carbocycles. The molecule has 0 bridgehead atoms. The Hall–Kier alpha value is -11.2. The summed E-state index contributed by atoms with van der Waals surface area (Å²) in [6, 6.07) is 103. The first-order valence-electron chi connectivity index (χ1n) is 28.2. The largest absolute Gasteiger partial charge is 0.457 e. The number of fused-ring (bicyclic) bond motifs is 12. The molecule has 0 saturated heterocycles. The van der Waals surface area contributed by atoms with Gasteiger partial charge in [-0.3, -0.25) is 4.98 Å². The molecule has 0 aliphatic heterocycles. The van der Waals surface area contributed by atoms with Gasteiger partial charge in [0, 0.05) is 78.2 Å². The third-order valence-electron chi connectivity index (χ3n) is 16.9. The van der Waals surface area contributed by atoms with Gasteiger partial charge < -0.3 is 23.0 Å². The average molecular weight is 1060 g/mol. The molecule has 0 aliphatic rings. The van der Waals surface area contributed by atoms with Gasteiger partial charge in [-0.15, -0.1) is 0 Å². The fourth-order valence-electron chi connectivity index (χ4n) is 13.2. The fraction of sp³-hybridized carbons (Fsp3) is 0. The molecule has 6 nitrogen and oxygen atoms in total. The van der Waals surface area contributed by atoms with Crippen molar-refractivity contribution in [3.8, 4) is 67.6 Å². The lowest BCUT2D eigenvalue weighted by Crippen LogP contribution is -1.95. The molecule has 0 spiro atoms. The van der Waals surface area contributed by atoms with E-state index in [0.717, 1.165) is 111 Å². The van der Waals surface area contributed by atoms with Gasteiger partial charge >= 0.3 is 0 Å². The molecule has 0 aliphatic carbocycles. The Morgan fingerprint density at radius 1 is 0.217 bits per heavy atom. The van der Waals surface area contributed by atoms with Crippen molar-refractivity contribution in [2.45, 2.75) is 0 Å². The lowest BCUT2D eigenvalue weighted by Gasteiger charge is -2.12. The average Bonchev–Trinajstić information content (AvgIpc) is 3.87. The molecule has 5 heterocycles. The van der Waals surface area contributed by atoms with Crippen molar-refractivity contribution in [1.29, 1.82) is 0 Å². The Kier molecular flexibility index (Phi) is 10.5. The minimum Gasteiger partial charge on any atom is -0.457 e. The number of para-hydroxylation sites is 4. The van der Waals surface area contributed by atoms with Crippen LogP contribution in [0.4, 0.5) is 0 Å². The highest BCUT2D eigenvalue weighted by Crippen LogP contribution is 2.42. The van der Waals surface area contributed by atoms with Crippen LogP contribution in [0.25, 0.3) is 143 Å². The maximum atomic E-state index is 6.87. The highest BCUT2D eigenvalue weighted by atomic mass is 16.5. The molecule has 0 fully saturated rings. The van der Waals surface area contributed by atoms with E-state index in [-0.39, 0.29) is 0 Å². The topological polar surface area (TPSA) is 41.8 Å². The minimum atomic E-state index is 0.780. The Bertz CT molecular complexity index is 5430. The Balaban J connectivity index is 0.703. The number of nitrogens with zero attached hydrogens (tertiary/aromatic N) is 5. The maximum absolute atomic E-state index is 6.87. The second kappa shape index (κ2) is 18.7. The van der Waals surface area contributed by atoms with Crippen molar-refractivity contribution in [3.63, 3.8) is 0 Å². The van der Waals surface area contributed by atoms with E-state index in [1.54, 1.807) is 0 Å². The van der Waals surface area contributed by atoms with E-state index in [0.29, 0.717) is 0 Å². The predicted molar refractivity (Wildman–Crippen MR) is 344 cm³/mol. The van der Waals surface area contributed by atoms with Gasteiger partial charge in [0.2, 0.25) is 0 Å². The van der Waals surface area contributed by atoms with Crippen LogP contribution in [0.2, 0.25) is 0 Å². The summed E-state index contributed by atoms with van der Waals surface area (Å²) in [7, 11) is 0. The lowest BCUT2D eigenvalue weighted by molar-refractivity contribution is 0.484. The lowest BCUT2D eigenvalue weighted by atomic mass is 10.0. The molecule has 5 aromatic heterocycles. The van der Waals surface area contributed by atoms with Crippen LogP contribution >= 0.6 is 0 Å². The normalized spacial score (nSPS) is 11.9. The highest BCUT2D eigenvalue weighted by molar-refractivity contribution is 6.13. The van der Waals surface area contributed by atoms with E-state index in [2.05, 4.69) is 308 Å². The quantitative estimate of drug-likeness (QED) is 0.145. The van der Waals surface area contributed by atoms with Crippen molar-refractivity contribution in [2.24, 2.45) is 0 Å². The van der Waals surface area contributed by atoms with Crippen molar-refractivity contribution in [3.05, 3.63) is 298 Å². The van der Waals surface area contributed by atoms with Gasteiger partial charge in [0.1, 0.15) is 11.5 Å². The molecular formula is C77H49N5O. The van der Waals surface area contributed by atoms with Crippen LogP contribution in [0.1, 0.15) is 0 Å². The SMILES string of the molecule is c1ccc(-c2cccc(-n3c4ccncc4c4cc(-c5cccc(-n6c7ccccc7c7cc(Oc8ccc9c(c8)c8ccccc8n9-c8cccc(-c9ccc%10c(c9)c9ccccc9n%10-c9ccccc9)c8)ccc76)c5)ccc43)c2)cc1. The number of ether oxygens (including phenoxy) is 1. The van der Waals surface area contributed by atoms with Crippen LogP contribution < -0.4 is 4.74 Å². The number of hydrogen-bond acceptors (Lipinski definition) is 2. The second-order valence-electron chi connectivity index (χ2n) is 21.6. The van der Waals surface area contributed by atoms with Crippen LogP contribution in [0.3, 0.4) is 0 Å². The molecule has 6 heteroatoms. The standard InChI is InChI=1S/C77H49N5O/c1-3-16-50(17-4-1)51-18-13-23-57(42-51)82-74-37-33-55(46-66(74)69-49-78-41-40-77(69)82)53-20-15-25-59(44-53)81-72-31-12-9-28-64(72)68-48-61(35-39-76(68)81)83-60-34-38-75-67(47-60)63-27-8-11-30-71(63)80(75)58-24-14-19-52(43-58)54-32-36-73-65(45-54)62-26-7-10-29-70(62)79(73)56-21-5-2-6-22-56/h1-49H. The van der Waals surface area contributed by atoms with E-state index in [9.17, 15) is 0 Å². The summed E-state index contributed by atoms with van der Waals surface area (Å²) in [5.74, 6) is 1.56. The van der Waals surface area contributed by atoms with E-state index in [1.807, 2.05) is 12.4 Å². The first-order chi connectivity index (χ1) is 41.1. The smallest absolute Gasteiger partial charge is 0.128 e. The van der Waals surface area contributed by atoms with Crippen LogP contribution in [0, 0.1) is 0 Å². The van der Waals surface area contributed by atoms with Crippen molar-refractivity contribution >= 4 is 87.2 Å². The zero-order valence-electron chi connectivity index (χ0n) is 44.9. The molecule has 12 aromatic carbocycles. The maximum Gasteiger partial charge on any atom is 0.128 e. The Morgan fingerprint density at radius 3 is 1.05 bits per heavy atom. The van der Waals surface area contributed by atoms with E-state index in [1.165, 1.54) is 43.9 Å². The number of benzene rings is 12. The van der Waals surface area contributed by atoms with Crippen molar-refractivity contribution < 1.29 is 4.74 Å². The summed E-state index contributed by atoms with van der Waals surface area (Å²) in [5, 5.41) is 9.35. The summed E-state index contributed by atoms with van der Waals surface area (Å²) in [6.45, 7) is 0. The van der Waals surface area contributed by atoms with Gasteiger partial charge in [0.25, 0.3) is 0 Å². The first kappa shape index (κ1) is 46.7. The molecule has 17 aromatic rings. The van der Waals surface area contributed by atoms with Crippen LogP contribution in [-0.2, 0) is 0 Å². The number of rotatable bonds is 9. The summed E-state index contributed by atoms with van der Waals surface area (Å²) in [6.07, 6.45) is 3.89. The zero-order valence-corrected chi connectivity index (χ0v) is 44.9. The third-order valence-corrected chi connectivity index (χ3v) is 16.9. The molecule has 83 heavy (non-hydrogen) atoms. The molecule has 0 atom stereocenters. The molecule has 0 radical (unpaired) electrons. The van der Waals surface area contributed by atoms with Gasteiger partial charge in [0.15, 0.2) is 0 Å². The molecular weight excluding hydrogens is 1010 g/mol. The summed E-state index contributed by atoms with van der Waals surface area (Å²) in [4.78, 5) is 4.61. The predicted octanol–water partition coefficient (Wildman–Crippen LogP) is 20.3. The van der Waals surface area contributed by atoms with Gasteiger partial charge in [-0.25, -0.2) is 0 Å².